The SMILES string of the molecule is CC1CS(=O)(=O)CC2OC3OCCC3C12.[CH3-].[Y]. The van der Waals surface area contributed by atoms with Crippen molar-refractivity contribution in [2.75, 3.05) is 18.1 Å². The van der Waals surface area contributed by atoms with E-state index in [0.717, 1.165) is 13.0 Å². The molecule has 0 bridgehead atoms. The smallest absolute Gasteiger partial charge is 0.161 e. The maximum absolute atomic E-state index is 11.6. The van der Waals surface area contributed by atoms with Gasteiger partial charge >= 0.3 is 0 Å². The minimum Gasteiger partial charge on any atom is -0.358 e. The van der Waals surface area contributed by atoms with E-state index in [-0.39, 0.29) is 64.2 Å². The fourth-order valence-corrected chi connectivity index (χ4v) is 5.36. The van der Waals surface area contributed by atoms with E-state index < -0.39 is 9.84 Å². The minimum atomic E-state index is -2.90. The molecule has 0 saturated carbocycles. The topological polar surface area (TPSA) is 52.6 Å². The van der Waals surface area contributed by atoms with Crippen LogP contribution in [-0.4, -0.2) is 38.9 Å². The third kappa shape index (κ3) is 2.78. The number of sulfone groups is 1. The number of hydrogen-bond acceptors (Lipinski definition) is 4. The van der Waals surface area contributed by atoms with Gasteiger partial charge in [-0.15, -0.1) is 0 Å². The van der Waals surface area contributed by atoms with Gasteiger partial charge in [0.1, 0.15) is 0 Å². The van der Waals surface area contributed by atoms with E-state index in [4.69, 9.17) is 9.47 Å². The zero-order chi connectivity index (χ0) is 10.6. The molecule has 97 valence electrons. The first kappa shape index (κ1) is 16.0. The van der Waals surface area contributed by atoms with E-state index in [2.05, 4.69) is 0 Å². The molecule has 0 spiro atoms. The van der Waals surface area contributed by atoms with Crippen LogP contribution in [0.25, 0.3) is 0 Å². The average molecular weight is 336 g/mol. The molecule has 0 aromatic carbocycles. The summed E-state index contributed by atoms with van der Waals surface area (Å²) in [6, 6.07) is 0. The second-order valence-electron chi connectivity index (χ2n) is 5.00. The zero-order valence-electron chi connectivity index (χ0n) is 10.3. The minimum absolute atomic E-state index is 0. The number of fused-ring (bicyclic) bond motifs is 3. The Morgan fingerprint density at radius 1 is 1.24 bits per heavy atom. The molecule has 3 fully saturated rings. The van der Waals surface area contributed by atoms with Crippen molar-refractivity contribution in [2.24, 2.45) is 17.8 Å². The molecule has 0 amide bonds. The van der Waals surface area contributed by atoms with Crippen molar-refractivity contribution in [1.29, 1.82) is 0 Å². The van der Waals surface area contributed by atoms with Gasteiger partial charge in [-0.25, -0.2) is 8.42 Å². The van der Waals surface area contributed by atoms with Crippen molar-refractivity contribution in [3.8, 4) is 0 Å². The van der Waals surface area contributed by atoms with Gasteiger partial charge in [0.2, 0.25) is 0 Å². The zero-order valence-corrected chi connectivity index (χ0v) is 14.0. The molecule has 3 rings (SSSR count). The Balaban J connectivity index is 0.000000722. The van der Waals surface area contributed by atoms with Gasteiger partial charge in [0.15, 0.2) is 16.1 Å². The molecule has 4 nitrogen and oxygen atoms in total. The van der Waals surface area contributed by atoms with Crippen LogP contribution in [0.3, 0.4) is 0 Å². The van der Waals surface area contributed by atoms with Gasteiger partial charge < -0.3 is 16.9 Å². The monoisotopic (exact) mass is 336 g/mol. The van der Waals surface area contributed by atoms with Gasteiger partial charge in [-0.3, -0.25) is 0 Å². The third-order valence-corrected chi connectivity index (χ3v) is 5.78. The number of hydrogen-bond donors (Lipinski definition) is 0. The fourth-order valence-electron chi connectivity index (χ4n) is 3.40. The van der Waals surface area contributed by atoms with Crippen LogP contribution < -0.4 is 0 Å². The first-order chi connectivity index (χ1) is 7.07. The maximum Gasteiger partial charge on any atom is 0.161 e. The normalized spacial score (nSPS) is 46.3. The summed E-state index contributed by atoms with van der Waals surface area (Å²) in [4.78, 5) is 0. The number of ether oxygens (including phenoxy) is 2. The molecule has 17 heavy (non-hydrogen) atoms. The molecule has 1 radical (unpaired) electrons. The van der Waals surface area contributed by atoms with Gasteiger partial charge in [-0.05, 0) is 18.3 Å². The second-order valence-corrected chi connectivity index (χ2v) is 7.15. The van der Waals surface area contributed by atoms with Crippen molar-refractivity contribution in [1.82, 2.24) is 0 Å². The van der Waals surface area contributed by atoms with Crippen molar-refractivity contribution in [3.63, 3.8) is 0 Å². The molecule has 6 heteroatoms. The average Bonchev–Trinajstić information content (AvgIpc) is 2.58. The Bertz CT molecular complexity index is 370. The fraction of sp³-hybridized carbons (Fsp3) is 0.909. The summed E-state index contributed by atoms with van der Waals surface area (Å²) in [6.07, 6.45) is 0.778. The molecule has 0 aliphatic carbocycles. The first-order valence-corrected chi connectivity index (χ1v) is 7.36. The van der Waals surface area contributed by atoms with Gasteiger partial charge in [0.05, 0.1) is 24.2 Å². The Labute approximate surface area is 129 Å². The summed E-state index contributed by atoms with van der Waals surface area (Å²) in [6.45, 7) is 2.79. The van der Waals surface area contributed by atoms with E-state index in [1.807, 2.05) is 6.92 Å². The molecule has 5 unspecified atom stereocenters. The third-order valence-electron chi connectivity index (χ3n) is 3.91. The largest absolute Gasteiger partial charge is 0.358 e. The van der Waals surface area contributed by atoms with E-state index >= 15 is 0 Å². The van der Waals surface area contributed by atoms with Crippen LogP contribution in [0.15, 0.2) is 0 Å². The number of rotatable bonds is 0. The predicted octanol–water partition coefficient (Wildman–Crippen LogP) is 0.876. The maximum atomic E-state index is 11.6. The summed E-state index contributed by atoms with van der Waals surface area (Å²) in [7, 11) is -2.90. The second kappa shape index (κ2) is 5.53. The predicted molar refractivity (Wildman–Crippen MR) is 60.4 cm³/mol. The van der Waals surface area contributed by atoms with Crippen molar-refractivity contribution >= 4 is 9.84 Å². The van der Waals surface area contributed by atoms with E-state index in [9.17, 15) is 8.42 Å². The van der Waals surface area contributed by atoms with Crippen molar-refractivity contribution in [2.45, 2.75) is 25.7 Å². The molecule has 5 atom stereocenters. The first-order valence-electron chi connectivity index (χ1n) is 5.54. The van der Waals surface area contributed by atoms with Crippen LogP contribution in [0.1, 0.15) is 13.3 Å². The van der Waals surface area contributed by atoms with E-state index in [1.54, 1.807) is 0 Å². The molecule has 3 aliphatic heterocycles. The van der Waals surface area contributed by atoms with Gasteiger partial charge in [0.25, 0.3) is 0 Å². The molecule has 3 saturated heterocycles. The van der Waals surface area contributed by atoms with Crippen LogP contribution in [0.5, 0.6) is 0 Å². The van der Waals surface area contributed by atoms with Crippen molar-refractivity contribution < 1.29 is 50.6 Å². The molecular weight excluding hydrogens is 317 g/mol. The van der Waals surface area contributed by atoms with Crippen LogP contribution in [0.2, 0.25) is 0 Å². The molecule has 0 aromatic heterocycles. The van der Waals surface area contributed by atoms with Gasteiger partial charge in [-0.1, -0.05) is 6.92 Å². The molecule has 3 aliphatic rings. The Morgan fingerprint density at radius 3 is 2.65 bits per heavy atom. The summed E-state index contributed by atoms with van der Waals surface area (Å²) in [5, 5.41) is 0. The summed E-state index contributed by atoms with van der Waals surface area (Å²) in [5.74, 6) is 1.55. The van der Waals surface area contributed by atoms with Gasteiger partial charge in [-0.2, -0.15) is 0 Å². The Morgan fingerprint density at radius 2 is 1.94 bits per heavy atom. The quantitative estimate of drug-likeness (QED) is 0.616. The molecule has 0 N–H and O–H groups in total. The van der Waals surface area contributed by atoms with Crippen LogP contribution >= 0.6 is 0 Å². The standard InChI is InChI=1S/C10H16O4S.CH3.Y/c1-6-4-15(11,12)5-8-9(6)7-2-3-13-10(7)14-8;;/h6-10H,2-5H2,1H3;1H3;/q;-1;. The van der Waals surface area contributed by atoms with E-state index in [1.165, 1.54) is 0 Å². The van der Waals surface area contributed by atoms with E-state index in [0.29, 0.717) is 17.6 Å². The summed E-state index contributed by atoms with van der Waals surface area (Å²) >= 11 is 0. The summed E-state index contributed by atoms with van der Waals surface area (Å²) < 4.78 is 34.4. The van der Waals surface area contributed by atoms with Crippen LogP contribution in [0, 0.1) is 25.2 Å². The van der Waals surface area contributed by atoms with Crippen LogP contribution in [-0.2, 0) is 52.0 Å². The summed E-state index contributed by atoms with van der Waals surface area (Å²) in [5.41, 5.74) is 0. The van der Waals surface area contributed by atoms with Gasteiger partial charge in [0, 0.05) is 38.6 Å². The van der Waals surface area contributed by atoms with Crippen LogP contribution in [0.4, 0.5) is 0 Å². The molecule has 3 heterocycles. The van der Waals surface area contributed by atoms with Crippen molar-refractivity contribution in [3.05, 3.63) is 7.43 Å². The Hall–Kier alpha value is 0.974. The molecule has 0 aromatic rings. The Kier molecular flexibility index (Phi) is 5.22. The molecular formula is C11H19O4SY-.